The van der Waals surface area contributed by atoms with Gasteiger partial charge < -0.3 is 18.6 Å². The van der Waals surface area contributed by atoms with Crippen molar-refractivity contribution in [1.82, 2.24) is 19.4 Å². The smallest absolute Gasteiger partial charge is 0.276 e. The summed E-state index contributed by atoms with van der Waals surface area (Å²) in [6.45, 7) is 1.51. The molecule has 1 unspecified atom stereocenters. The zero-order valence-corrected chi connectivity index (χ0v) is 12.9. The van der Waals surface area contributed by atoms with Crippen LogP contribution in [0.4, 0.5) is 0 Å². The Labute approximate surface area is 138 Å². The van der Waals surface area contributed by atoms with E-state index in [1.807, 2.05) is 36.5 Å². The van der Waals surface area contributed by atoms with Gasteiger partial charge >= 0.3 is 0 Å². The fourth-order valence-corrected chi connectivity index (χ4v) is 2.90. The van der Waals surface area contributed by atoms with E-state index in [4.69, 9.17) is 9.15 Å². The zero-order valence-electron chi connectivity index (χ0n) is 12.9. The minimum Gasteiger partial charge on any atom is -0.475 e. The van der Waals surface area contributed by atoms with E-state index in [2.05, 4.69) is 14.5 Å². The van der Waals surface area contributed by atoms with E-state index in [9.17, 15) is 4.79 Å². The SMILES string of the molecule is O=C(c1cocn1)N1Cc2cccn2C(COc2ccccn2)C1. The van der Waals surface area contributed by atoms with Crippen molar-refractivity contribution in [3.05, 3.63) is 66.8 Å². The molecule has 0 spiro atoms. The van der Waals surface area contributed by atoms with Gasteiger partial charge in [-0.05, 0) is 18.2 Å². The molecule has 0 N–H and O–H groups in total. The molecule has 122 valence electrons. The van der Waals surface area contributed by atoms with E-state index in [1.54, 1.807) is 11.1 Å². The molecule has 0 saturated carbocycles. The van der Waals surface area contributed by atoms with Gasteiger partial charge in [-0.3, -0.25) is 4.79 Å². The van der Waals surface area contributed by atoms with Gasteiger partial charge in [-0.25, -0.2) is 9.97 Å². The molecule has 0 aromatic carbocycles. The topological polar surface area (TPSA) is 73.4 Å². The van der Waals surface area contributed by atoms with Crippen LogP contribution in [0.15, 0.2) is 59.8 Å². The van der Waals surface area contributed by atoms with E-state index in [-0.39, 0.29) is 11.9 Å². The highest BCUT2D eigenvalue weighted by Gasteiger charge is 2.29. The highest BCUT2D eigenvalue weighted by Crippen LogP contribution is 2.24. The Morgan fingerprint density at radius 3 is 3.04 bits per heavy atom. The average Bonchev–Trinajstić information content (AvgIpc) is 3.31. The number of hydrogen-bond donors (Lipinski definition) is 0. The molecule has 0 fully saturated rings. The molecule has 7 heteroatoms. The summed E-state index contributed by atoms with van der Waals surface area (Å²) in [6, 6.07) is 9.54. The van der Waals surface area contributed by atoms with Gasteiger partial charge in [-0.15, -0.1) is 0 Å². The second kappa shape index (κ2) is 6.19. The number of carbonyl (C=O) groups excluding carboxylic acids is 1. The number of aromatic nitrogens is 3. The van der Waals surface area contributed by atoms with E-state index >= 15 is 0 Å². The molecule has 1 aliphatic rings. The van der Waals surface area contributed by atoms with Gasteiger partial charge in [0, 0.05) is 30.7 Å². The summed E-state index contributed by atoms with van der Waals surface area (Å²) >= 11 is 0. The van der Waals surface area contributed by atoms with Crippen molar-refractivity contribution in [2.24, 2.45) is 0 Å². The molecule has 3 aromatic rings. The van der Waals surface area contributed by atoms with Crippen LogP contribution in [0.2, 0.25) is 0 Å². The predicted octanol–water partition coefficient (Wildman–Crippen LogP) is 2.15. The molecule has 24 heavy (non-hydrogen) atoms. The van der Waals surface area contributed by atoms with Crippen LogP contribution in [0.1, 0.15) is 22.2 Å². The van der Waals surface area contributed by atoms with Gasteiger partial charge in [0.2, 0.25) is 5.88 Å². The molecule has 1 atom stereocenters. The Kier molecular flexibility index (Phi) is 3.74. The first-order valence-electron chi connectivity index (χ1n) is 7.68. The van der Waals surface area contributed by atoms with Crippen molar-refractivity contribution in [2.45, 2.75) is 12.6 Å². The maximum absolute atomic E-state index is 12.6. The highest BCUT2D eigenvalue weighted by atomic mass is 16.5. The summed E-state index contributed by atoms with van der Waals surface area (Å²) in [5.41, 5.74) is 1.38. The predicted molar refractivity (Wildman–Crippen MR) is 84.4 cm³/mol. The monoisotopic (exact) mass is 324 g/mol. The van der Waals surface area contributed by atoms with Gasteiger partial charge in [0.25, 0.3) is 5.91 Å². The van der Waals surface area contributed by atoms with Crippen LogP contribution in [0.3, 0.4) is 0 Å². The standard InChI is InChI=1S/C17H16N4O3/c22-17(15-11-23-12-19-15)20-8-13-4-3-7-21(13)14(9-20)10-24-16-5-1-2-6-18-16/h1-7,11-12,14H,8-10H2. The number of rotatable bonds is 4. The first-order valence-corrected chi connectivity index (χ1v) is 7.68. The normalized spacial score (nSPS) is 16.7. The van der Waals surface area contributed by atoms with Crippen molar-refractivity contribution in [3.8, 4) is 5.88 Å². The minimum atomic E-state index is -0.140. The fraction of sp³-hybridized carbons (Fsp3) is 0.235. The molecule has 4 rings (SSSR count). The van der Waals surface area contributed by atoms with Crippen LogP contribution >= 0.6 is 0 Å². The van der Waals surface area contributed by atoms with Crippen molar-refractivity contribution < 1.29 is 13.9 Å². The van der Waals surface area contributed by atoms with E-state index < -0.39 is 0 Å². The van der Waals surface area contributed by atoms with Gasteiger partial charge in [-0.1, -0.05) is 6.07 Å². The summed E-state index contributed by atoms with van der Waals surface area (Å²) in [5.74, 6) is 0.435. The molecule has 1 aliphatic heterocycles. The van der Waals surface area contributed by atoms with Gasteiger partial charge in [-0.2, -0.15) is 0 Å². The van der Waals surface area contributed by atoms with E-state index in [1.165, 1.54) is 12.7 Å². The molecule has 0 radical (unpaired) electrons. The Morgan fingerprint density at radius 1 is 1.29 bits per heavy atom. The van der Waals surface area contributed by atoms with Crippen LogP contribution < -0.4 is 4.74 Å². The Hall–Kier alpha value is -3.09. The molecule has 0 bridgehead atoms. The van der Waals surface area contributed by atoms with E-state index in [0.29, 0.717) is 31.3 Å². The molecule has 3 aromatic heterocycles. The van der Waals surface area contributed by atoms with Crippen molar-refractivity contribution in [3.63, 3.8) is 0 Å². The minimum absolute atomic E-state index is 0.0154. The number of oxazole rings is 1. The number of fused-ring (bicyclic) bond motifs is 1. The third-order valence-electron chi connectivity index (χ3n) is 4.04. The van der Waals surface area contributed by atoms with Crippen LogP contribution in [0.5, 0.6) is 5.88 Å². The Balaban J connectivity index is 1.52. The summed E-state index contributed by atoms with van der Waals surface area (Å²) in [6.07, 6.45) is 6.34. The van der Waals surface area contributed by atoms with E-state index in [0.717, 1.165) is 5.69 Å². The summed E-state index contributed by atoms with van der Waals surface area (Å²) in [7, 11) is 0. The quantitative estimate of drug-likeness (QED) is 0.735. The molecule has 0 aliphatic carbocycles. The van der Waals surface area contributed by atoms with Crippen molar-refractivity contribution >= 4 is 5.91 Å². The molecule has 1 amide bonds. The second-order valence-corrected chi connectivity index (χ2v) is 5.60. The highest BCUT2D eigenvalue weighted by molar-refractivity contribution is 5.91. The van der Waals surface area contributed by atoms with Gasteiger partial charge in [0.15, 0.2) is 12.1 Å². The summed E-state index contributed by atoms with van der Waals surface area (Å²) in [5, 5.41) is 0. The lowest BCUT2D eigenvalue weighted by Gasteiger charge is -2.34. The lowest BCUT2D eigenvalue weighted by Crippen LogP contribution is -2.42. The Morgan fingerprint density at radius 2 is 2.25 bits per heavy atom. The maximum atomic E-state index is 12.6. The number of carbonyl (C=O) groups is 1. The first kappa shape index (κ1) is 14.5. The number of pyridine rings is 1. The number of ether oxygens (including phenoxy) is 1. The third kappa shape index (κ3) is 2.76. The van der Waals surface area contributed by atoms with Crippen LogP contribution in [0.25, 0.3) is 0 Å². The molecule has 7 nitrogen and oxygen atoms in total. The number of hydrogen-bond acceptors (Lipinski definition) is 5. The Bertz CT molecular complexity index is 814. The lowest BCUT2D eigenvalue weighted by atomic mass is 10.2. The van der Waals surface area contributed by atoms with Crippen molar-refractivity contribution in [1.29, 1.82) is 0 Å². The largest absolute Gasteiger partial charge is 0.475 e. The first-order chi connectivity index (χ1) is 11.8. The van der Waals surface area contributed by atoms with Gasteiger partial charge in [0.1, 0.15) is 12.9 Å². The molecule has 4 heterocycles. The van der Waals surface area contributed by atoms with Crippen LogP contribution in [-0.2, 0) is 6.54 Å². The summed E-state index contributed by atoms with van der Waals surface area (Å²) < 4.78 is 12.9. The number of nitrogens with zero attached hydrogens (tertiary/aromatic N) is 4. The zero-order chi connectivity index (χ0) is 16.4. The molecule has 0 saturated heterocycles. The fourth-order valence-electron chi connectivity index (χ4n) is 2.90. The van der Waals surface area contributed by atoms with Gasteiger partial charge in [0.05, 0.1) is 12.6 Å². The molecular weight excluding hydrogens is 308 g/mol. The van der Waals surface area contributed by atoms with Crippen LogP contribution in [0, 0.1) is 0 Å². The van der Waals surface area contributed by atoms with Crippen LogP contribution in [-0.4, -0.2) is 38.5 Å². The second-order valence-electron chi connectivity index (χ2n) is 5.60. The van der Waals surface area contributed by atoms with Crippen molar-refractivity contribution in [2.75, 3.05) is 13.2 Å². The lowest BCUT2D eigenvalue weighted by molar-refractivity contribution is 0.0640. The third-order valence-corrected chi connectivity index (χ3v) is 4.04. The number of amides is 1. The average molecular weight is 324 g/mol. The summed E-state index contributed by atoms with van der Waals surface area (Å²) in [4.78, 5) is 22.4. The maximum Gasteiger partial charge on any atom is 0.276 e. The molecular formula is C17H16N4O3.